The minimum absolute atomic E-state index is 0.300. The molecule has 0 aliphatic rings. The third-order valence-corrected chi connectivity index (χ3v) is 5.42. The molecule has 134 valence electrons. The molecule has 0 saturated heterocycles. The van der Waals surface area contributed by atoms with Gasteiger partial charge in [0, 0.05) is 17.2 Å². The van der Waals surface area contributed by atoms with Crippen molar-refractivity contribution in [3.05, 3.63) is 74.9 Å². The van der Waals surface area contributed by atoms with E-state index in [0.29, 0.717) is 33.0 Å². The summed E-state index contributed by atoms with van der Waals surface area (Å²) in [4.78, 5) is 13.4. The molecule has 8 heteroatoms. The van der Waals surface area contributed by atoms with Crippen LogP contribution in [-0.2, 0) is 6.54 Å². The molecule has 0 bridgehead atoms. The van der Waals surface area contributed by atoms with E-state index in [0.717, 1.165) is 10.5 Å². The van der Waals surface area contributed by atoms with Gasteiger partial charge in [-0.2, -0.15) is 5.10 Å². The van der Waals surface area contributed by atoms with Gasteiger partial charge in [-0.3, -0.25) is 9.48 Å². The minimum atomic E-state index is -0.300. The van der Waals surface area contributed by atoms with Crippen LogP contribution in [0.25, 0.3) is 0 Å². The monoisotopic (exact) mass is 425 g/mol. The van der Waals surface area contributed by atoms with Crippen molar-refractivity contribution >= 4 is 58.3 Å². The number of hydrogen-bond donors (Lipinski definition) is 1. The number of amides is 1. The molecule has 0 aliphatic carbocycles. The molecule has 0 fully saturated rings. The van der Waals surface area contributed by atoms with Crippen LogP contribution in [0.4, 0.5) is 5.82 Å². The fourth-order valence-corrected chi connectivity index (χ4v) is 3.29. The molecule has 0 saturated carbocycles. The predicted molar refractivity (Wildman–Crippen MR) is 109 cm³/mol. The first-order valence-electron chi connectivity index (χ1n) is 7.58. The number of benzene rings is 2. The average molecular weight is 427 g/mol. The van der Waals surface area contributed by atoms with E-state index in [1.165, 1.54) is 0 Å². The number of rotatable bonds is 5. The van der Waals surface area contributed by atoms with E-state index in [4.69, 9.17) is 34.8 Å². The molecule has 3 aromatic rings. The Hall–Kier alpha value is -1.66. The van der Waals surface area contributed by atoms with E-state index in [9.17, 15) is 4.79 Å². The maximum atomic E-state index is 12.5. The van der Waals surface area contributed by atoms with Crippen molar-refractivity contribution in [3.8, 4) is 0 Å². The van der Waals surface area contributed by atoms with E-state index in [2.05, 4.69) is 10.4 Å². The molecule has 26 heavy (non-hydrogen) atoms. The van der Waals surface area contributed by atoms with Crippen LogP contribution >= 0.6 is 46.6 Å². The van der Waals surface area contributed by atoms with Gasteiger partial charge >= 0.3 is 0 Å². The van der Waals surface area contributed by atoms with Gasteiger partial charge in [0.2, 0.25) is 0 Å². The summed E-state index contributed by atoms with van der Waals surface area (Å²) in [5, 5.41) is 8.52. The fourth-order valence-electron chi connectivity index (χ4n) is 2.33. The summed E-state index contributed by atoms with van der Waals surface area (Å²) < 4.78 is 1.70. The predicted octanol–water partition coefficient (Wildman–Crippen LogP) is 5.87. The van der Waals surface area contributed by atoms with Gasteiger partial charge in [0.05, 0.1) is 27.2 Å². The van der Waals surface area contributed by atoms with Crippen molar-refractivity contribution in [1.29, 1.82) is 0 Å². The first-order chi connectivity index (χ1) is 12.5. The van der Waals surface area contributed by atoms with E-state index < -0.39 is 0 Å². The Labute approximate surface area is 170 Å². The standard InChI is InChI=1S/C18H14Cl3N3OS/c1-26-12-3-5-14(19)13(9-12)18(25)22-17-6-7-24(23-17)10-11-2-4-15(20)16(21)8-11/h2-9H,10H2,1H3,(H,22,23,25). The van der Waals surface area contributed by atoms with Gasteiger partial charge in [0.25, 0.3) is 5.91 Å². The molecule has 1 amide bonds. The molecule has 1 N–H and O–H groups in total. The summed E-state index contributed by atoms with van der Waals surface area (Å²) >= 11 is 19.6. The van der Waals surface area contributed by atoms with Gasteiger partial charge in [-0.25, -0.2) is 0 Å². The molecule has 3 rings (SSSR count). The number of nitrogens with one attached hydrogen (secondary N) is 1. The average Bonchev–Trinajstić information content (AvgIpc) is 3.05. The molecule has 1 aromatic heterocycles. The highest BCUT2D eigenvalue weighted by atomic mass is 35.5. The first kappa shape index (κ1) is 19.1. The molecular weight excluding hydrogens is 413 g/mol. The molecule has 0 unspecified atom stereocenters. The van der Waals surface area contributed by atoms with E-state index in [-0.39, 0.29) is 5.91 Å². The zero-order valence-electron chi connectivity index (χ0n) is 13.7. The van der Waals surface area contributed by atoms with Crippen molar-refractivity contribution in [2.24, 2.45) is 0 Å². The summed E-state index contributed by atoms with van der Waals surface area (Å²) in [6, 6.07) is 12.5. The van der Waals surface area contributed by atoms with E-state index in [1.807, 2.05) is 18.4 Å². The Kier molecular flexibility index (Phi) is 6.14. The van der Waals surface area contributed by atoms with Gasteiger partial charge in [0.15, 0.2) is 5.82 Å². The van der Waals surface area contributed by atoms with Gasteiger partial charge in [-0.1, -0.05) is 40.9 Å². The lowest BCUT2D eigenvalue weighted by molar-refractivity contribution is 0.102. The van der Waals surface area contributed by atoms with Gasteiger partial charge < -0.3 is 5.32 Å². The van der Waals surface area contributed by atoms with Crippen LogP contribution in [-0.4, -0.2) is 21.9 Å². The Bertz CT molecular complexity index is 959. The van der Waals surface area contributed by atoms with E-state index >= 15 is 0 Å². The third kappa shape index (κ3) is 4.54. The topological polar surface area (TPSA) is 46.9 Å². The smallest absolute Gasteiger partial charge is 0.258 e. The fraction of sp³-hybridized carbons (Fsp3) is 0.111. The van der Waals surface area contributed by atoms with Crippen molar-refractivity contribution in [2.75, 3.05) is 11.6 Å². The zero-order chi connectivity index (χ0) is 18.7. The Morgan fingerprint density at radius 2 is 1.85 bits per heavy atom. The highest BCUT2D eigenvalue weighted by molar-refractivity contribution is 7.98. The molecular formula is C18H14Cl3N3OS. The number of nitrogens with zero attached hydrogens (tertiary/aromatic N) is 2. The van der Waals surface area contributed by atoms with Crippen LogP contribution in [0, 0.1) is 0 Å². The molecule has 0 aliphatic heterocycles. The second kappa shape index (κ2) is 8.35. The molecule has 2 aromatic carbocycles. The minimum Gasteiger partial charge on any atom is -0.305 e. The summed E-state index contributed by atoms with van der Waals surface area (Å²) in [5.74, 6) is 0.145. The molecule has 0 atom stereocenters. The quantitative estimate of drug-likeness (QED) is 0.519. The lowest BCUT2D eigenvalue weighted by atomic mass is 10.2. The van der Waals surface area contributed by atoms with Crippen LogP contribution in [0.1, 0.15) is 15.9 Å². The van der Waals surface area contributed by atoms with Crippen molar-refractivity contribution in [2.45, 2.75) is 11.4 Å². The zero-order valence-corrected chi connectivity index (χ0v) is 16.8. The van der Waals surface area contributed by atoms with Crippen molar-refractivity contribution in [1.82, 2.24) is 9.78 Å². The lowest BCUT2D eigenvalue weighted by Crippen LogP contribution is -2.13. The Balaban J connectivity index is 1.72. The van der Waals surface area contributed by atoms with Gasteiger partial charge in [-0.15, -0.1) is 11.8 Å². The summed E-state index contributed by atoms with van der Waals surface area (Å²) in [7, 11) is 0. The molecule has 4 nitrogen and oxygen atoms in total. The number of carbonyl (C=O) groups is 1. The van der Waals surface area contributed by atoms with Crippen LogP contribution in [0.2, 0.25) is 15.1 Å². The van der Waals surface area contributed by atoms with Crippen molar-refractivity contribution < 1.29 is 4.79 Å². The maximum Gasteiger partial charge on any atom is 0.258 e. The second-order valence-electron chi connectivity index (χ2n) is 5.45. The number of carbonyl (C=O) groups excluding carboxylic acids is 1. The molecule has 1 heterocycles. The summed E-state index contributed by atoms with van der Waals surface area (Å²) in [6.45, 7) is 0.509. The maximum absolute atomic E-state index is 12.5. The Morgan fingerprint density at radius 1 is 1.08 bits per heavy atom. The number of aromatic nitrogens is 2. The normalized spacial score (nSPS) is 10.8. The van der Waals surface area contributed by atoms with Crippen LogP contribution in [0.15, 0.2) is 53.6 Å². The molecule has 0 radical (unpaired) electrons. The number of thioether (sulfide) groups is 1. The third-order valence-electron chi connectivity index (χ3n) is 3.63. The lowest BCUT2D eigenvalue weighted by Gasteiger charge is -2.06. The van der Waals surface area contributed by atoms with Crippen LogP contribution in [0.5, 0.6) is 0 Å². The Morgan fingerprint density at radius 3 is 2.58 bits per heavy atom. The van der Waals surface area contributed by atoms with Crippen LogP contribution < -0.4 is 5.32 Å². The van der Waals surface area contributed by atoms with Gasteiger partial charge in [-0.05, 0) is 42.2 Å². The largest absolute Gasteiger partial charge is 0.305 e. The number of anilines is 1. The molecule has 0 spiro atoms. The highest BCUT2D eigenvalue weighted by Crippen LogP contribution is 2.24. The van der Waals surface area contributed by atoms with Gasteiger partial charge in [0.1, 0.15) is 0 Å². The van der Waals surface area contributed by atoms with E-state index in [1.54, 1.807) is 53.0 Å². The number of hydrogen-bond acceptors (Lipinski definition) is 3. The second-order valence-corrected chi connectivity index (χ2v) is 7.55. The number of halogens is 3. The summed E-state index contributed by atoms with van der Waals surface area (Å²) in [6.07, 6.45) is 3.72. The van der Waals surface area contributed by atoms with Crippen LogP contribution in [0.3, 0.4) is 0 Å². The summed E-state index contributed by atoms with van der Waals surface area (Å²) in [5.41, 5.74) is 1.37. The SMILES string of the molecule is CSc1ccc(Cl)c(C(=O)Nc2ccn(Cc3ccc(Cl)c(Cl)c3)n2)c1. The first-order valence-corrected chi connectivity index (χ1v) is 9.94. The van der Waals surface area contributed by atoms with Crippen molar-refractivity contribution in [3.63, 3.8) is 0 Å². The highest BCUT2D eigenvalue weighted by Gasteiger charge is 2.13.